The molecular formula is C22H27N3O3. The number of hydrogen-bond acceptors (Lipinski definition) is 4. The van der Waals surface area contributed by atoms with Crippen LogP contribution >= 0.6 is 0 Å². The Hall–Kier alpha value is -3.15. The Labute approximate surface area is 165 Å². The number of aliphatic imine (C=N–C) groups is 1. The van der Waals surface area contributed by atoms with Gasteiger partial charge in [-0.25, -0.2) is 4.99 Å². The Morgan fingerprint density at radius 1 is 1.00 bits per heavy atom. The van der Waals surface area contributed by atoms with Crippen molar-refractivity contribution in [1.82, 2.24) is 10.6 Å². The van der Waals surface area contributed by atoms with E-state index in [4.69, 9.17) is 13.9 Å². The molecule has 1 aromatic heterocycles. The highest BCUT2D eigenvalue weighted by Gasteiger charge is 2.06. The van der Waals surface area contributed by atoms with Gasteiger partial charge in [-0.2, -0.15) is 0 Å². The molecule has 0 fully saturated rings. The quantitative estimate of drug-likeness (QED) is 0.459. The molecule has 148 valence electrons. The maximum Gasteiger partial charge on any atom is 0.191 e. The molecule has 0 aliphatic carbocycles. The van der Waals surface area contributed by atoms with Crippen LogP contribution in [0.25, 0.3) is 11.0 Å². The molecule has 28 heavy (non-hydrogen) atoms. The zero-order valence-electron chi connectivity index (χ0n) is 16.6. The van der Waals surface area contributed by atoms with E-state index in [0.29, 0.717) is 6.54 Å². The summed E-state index contributed by atoms with van der Waals surface area (Å²) in [7, 11) is 3.29. The number of hydrogen-bond donors (Lipinski definition) is 2. The van der Waals surface area contributed by atoms with Crippen LogP contribution in [0.2, 0.25) is 0 Å². The number of ether oxygens (including phenoxy) is 2. The van der Waals surface area contributed by atoms with Crippen LogP contribution in [0.15, 0.2) is 57.9 Å². The average molecular weight is 381 g/mol. The summed E-state index contributed by atoms with van der Waals surface area (Å²) in [6.07, 6.45) is 0.843. The zero-order chi connectivity index (χ0) is 19.8. The molecule has 0 radical (unpaired) electrons. The molecule has 6 nitrogen and oxygen atoms in total. The van der Waals surface area contributed by atoms with Crippen LogP contribution in [0.5, 0.6) is 11.5 Å². The fourth-order valence-corrected chi connectivity index (χ4v) is 2.97. The number of methoxy groups -OCH3 is 2. The SMILES string of the molecule is CCNC(=NCc1cc2ccccc2o1)NCCc1ccc(OC)c(OC)c1. The third kappa shape index (κ3) is 4.97. The van der Waals surface area contributed by atoms with Crippen molar-refractivity contribution in [3.8, 4) is 11.5 Å². The molecule has 0 amide bonds. The van der Waals surface area contributed by atoms with Crippen molar-refractivity contribution in [2.75, 3.05) is 27.3 Å². The van der Waals surface area contributed by atoms with E-state index in [2.05, 4.69) is 15.6 Å². The largest absolute Gasteiger partial charge is 0.493 e. The number of guanidine groups is 1. The van der Waals surface area contributed by atoms with Crippen LogP contribution in [-0.4, -0.2) is 33.3 Å². The van der Waals surface area contributed by atoms with Gasteiger partial charge < -0.3 is 24.5 Å². The molecule has 0 unspecified atom stereocenters. The average Bonchev–Trinajstić information content (AvgIpc) is 3.15. The van der Waals surface area contributed by atoms with E-state index in [0.717, 1.165) is 53.7 Å². The van der Waals surface area contributed by atoms with Crippen molar-refractivity contribution in [2.45, 2.75) is 19.9 Å². The van der Waals surface area contributed by atoms with Gasteiger partial charge in [-0.1, -0.05) is 24.3 Å². The molecular weight excluding hydrogens is 354 g/mol. The van der Waals surface area contributed by atoms with E-state index < -0.39 is 0 Å². The van der Waals surface area contributed by atoms with Crippen LogP contribution in [-0.2, 0) is 13.0 Å². The lowest BCUT2D eigenvalue weighted by molar-refractivity contribution is 0.354. The molecule has 0 atom stereocenters. The standard InChI is InChI=1S/C22H27N3O3/c1-4-23-22(25-15-18-14-17-7-5-6-8-19(17)28-18)24-12-11-16-9-10-20(26-2)21(13-16)27-3/h5-10,13-14H,4,11-12,15H2,1-3H3,(H2,23,24,25). The van der Waals surface area contributed by atoms with Crippen LogP contribution in [0.1, 0.15) is 18.2 Å². The number of benzene rings is 2. The number of nitrogens with zero attached hydrogens (tertiary/aromatic N) is 1. The molecule has 0 spiro atoms. The van der Waals surface area contributed by atoms with Crippen molar-refractivity contribution in [1.29, 1.82) is 0 Å². The van der Waals surface area contributed by atoms with Crippen molar-refractivity contribution in [3.63, 3.8) is 0 Å². The summed E-state index contributed by atoms with van der Waals surface area (Å²) in [5.74, 6) is 3.09. The summed E-state index contributed by atoms with van der Waals surface area (Å²) >= 11 is 0. The Kier molecular flexibility index (Phi) is 6.78. The molecule has 3 rings (SSSR count). The van der Waals surface area contributed by atoms with Crippen LogP contribution in [0.3, 0.4) is 0 Å². The molecule has 0 saturated heterocycles. The lowest BCUT2D eigenvalue weighted by atomic mass is 10.1. The van der Waals surface area contributed by atoms with Gasteiger partial charge in [0.2, 0.25) is 0 Å². The minimum atomic E-state index is 0.486. The Balaban J connectivity index is 1.59. The highest BCUT2D eigenvalue weighted by atomic mass is 16.5. The lowest BCUT2D eigenvalue weighted by Gasteiger charge is -2.12. The van der Waals surface area contributed by atoms with Gasteiger partial charge in [0.15, 0.2) is 17.5 Å². The van der Waals surface area contributed by atoms with Crippen molar-refractivity contribution < 1.29 is 13.9 Å². The van der Waals surface area contributed by atoms with E-state index >= 15 is 0 Å². The van der Waals surface area contributed by atoms with E-state index in [1.807, 2.05) is 55.5 Å². The van der Waals surface area contributed by atoms with E-state index in [9.17, 15) is 0 Å². The predicted molar refractivity (Wildman–Crippen MR) is 112 cm³/mol. The lowest BCUT2D eigenvalue weighted by Crippen LogP contribution is -2.38. The number of rotatable bonds is 8. The third-order valence-electron chi connectivity index (χ3n) is 4.37. The highest BCUT2D eigenvalue weighted by Crippen LogP contribution is 2.27. The van der Waals surface area contributed by atoms with Crippen LogP contribution < -0.4 is 20.1 Å². The van der Waals surface area contributed by atoms with E-state index in [-0.39, 0.29) is 0 Å². The Morgan fingerprint density at radius 3 is 2.57 bits per heavy atom. The normalized spacial score (nSPS) is 11.5. The molecule has 6 heteroatoms. The molecule has 2 aromatic carbocycles. The Morgan fingerprint density at radius 2 is 1.82 bits per heavy atom. The Bertz CT molecular complexity index is 901. The van der Waals surface area contributed by atoms with Gasteiger partial charge in [-0.05, 0) is 43.2 Å². The molecule has 2 N–H and O–H groups in total. The summed E-state index contributed by atoms with van der Waals surface area (Å²) in [5, 5.41) is 7.73. The van der Waals surface area contributed by atoms with Gasteiger partial charge >= 0.3 is 0 Å². The summed E-state index contributed by atoms with van der Waals surface area (Å²) in [6, 6.07) is 16.0. The molecule has 0 aliphatic rings. The topological polar surface area (TPSA) is 68.0 Å². The third-order valence-corrected chi connectivity index (χ3v) is 4.37. The predicted octanol–water partition coefficient (Wildman–Crippen LogP) is 3.75. The first-order chi connectivity index (χ1) is 13.7. The number of nitrogens with one attached hydrogen (secondary N) is 2. The van der Waals surface area contributed by atoms with Gasteiger partial charge in [-0.3, -0.25) is 0 Å². The van der Waals surface area contributed by atoms with Gasteiger partial charge in [0.05, 0.1) is 14.2 Å². The minimum Gasteiger partial charge on any atom is -0.493 e. The van der Waals surface area contributed by atoms with Crippen molar-refractivity contribution in [2.24, 2.45) is 4.99 Å². The second kappa shape index (κ2) is 9.69. The maximum atomic E-state index is 5.83. The number of furan rings is 1. The minimum absolute atomic E-state index is 0.486. The molecule has 0 saturated carbocycles. The van der Waals surface area contributed by atoms with Crippen LogP contribution in [0, 0.1) is 0 Å². The second-order valence-corrected chi connectivity index (χ2v) is 6.31. The zero-order valence-corrected chi connectivity index (χ0v) is 16.6. The second-order valence-electron chi connectivity index (χ2n) is 6.31. The van der Waals surface area contributed by atoms with E-state index in [1.54, 1.807) is 14.2 Å². The smallest absolute Gasteiger partial charge is 0.191 e. The van der Waals surface area contributed by atoms with Gasteiger partial charge in [0.1, 0.15) is 17.9 Å². The molecule has 0 bridgehead atoms. The first-order valence-corrected chi connectivity index (χ1v) is 9.44. The van der Waals surface area contributed by atoms with Gasteiger partial charge in [0.25, 0.3) is 0 Å². The first-order valence-electron chi connectivity index (χ1n) is 9.44. The molecule has 0 aliphatic heterocycles. The first kappa shape index (κ1) is 19.6. The maximum absolute atomic E-state index is 5.83. The fourth-order valence-electron chi connectivity index (χ4n) is 2.97. The summed E-state index contributed by atoms with van der Waals surface area (Å²) in [5.41, 5.74) is 2.05. The summed E-state index contributed by atoms with van der Waals surface area (Å²) in [6.45, 7) is 4.08. The van der Waals surface area contributed by atoms with E-state index in [1.165, 1.54) is 5.56 Å². The molecule has 1 heterocycles. The van der Waals surface area contributed by atoms with Gasteiger partial charge in [-0.15, -0.1) is 0 Å². The van der Waals surface area contributed by atoms with Crippen molar-refractivity contribution >= 4 is 16.9 Å². The summed E-state index contributed by atoms with van der Waals surface area (Å²) < 4.78 is 16.5. The van der Waals surface area contributed by atoms with Gasteiger partial charge in [0, 0.05) is 18.5 Å². The highest BCUT2D eigenvalue weighted by molar-refractivity contribution is 5.80. The van der Waals surface area contributed by atoms with Crippen LogP contribution in [0.4, 0.5) is 0 Å². The summed E-state index contributed by atoms with van der Waals surface area (Å²) in [4.78, 5) is 4.63. The number of fused-ring (bicyclic) bond motifs is 1. The fraction of sp³-hybridized carbons (Fsp3) is 0.318. The number of para-hydroxylation sites is 1. The monoisotopic (exact) mass is 381 g/mol. The van der Waals surface area contributed by atoms with Crippen molar-refractivity contribution in [3.05, 3.63) is 59.9 Å². The molecule has 3 aromatic rings.